The largest absolute Gasteiger partial charge is 0.496 e. The predicted molar refractivity (Wildman–Crippen MR) is 119 cm³/mol. The molecule has 1 aromatic heterocycles. The molecule has 1 fully saturated rings. The molecule has 0 saturated carbocycles. The smallest absolute Gasteiger partial charge is 0.257 e. The minimum absolute atomic E-state index is 0.0878. The molecule has 0 unspecified atom stereocenters. The molecule has 0 bridgehead atoms. The molecule has 1 saturated heterocycles. The molecule has 5 rings (SSSR count). The van der Waals surface area contributed by atoms with Crippen molar-refractivity contribution >= 4 is 28.9 Å². The minimum Gasteiger partial charge on any atom is -0.496 e. The molecule has 6 nitrogen and oxygen atoms in total. The van der Waals surface area contributed by atoms with Crippen molar-refractivity contribution < 1.29 is 9.53 Å². The maximum absolute atomic E-state index is 13.2. The SMILES string of the molecule is COc1cc(N)c(Cl)cc1C(=O)N1CCC2(CC1)Nc1ccccc1-n1cccc12. The second kappa shape index (κ2) is 6.99. The summed E-state index contributed by atoms with van der Waals surface area (Å²) in [7, 11) is 1.53. The number of ether oxygens (including phenoxy) is 1. The second-order valence-electron chi connectivity index (χ2n) is 7.85. The zero-order chi connectivity index (χ0) is 20.9. The third-order valence-corrected chi connectivity index (χ3v) is 6.56. The van der Waals surface area contributed by atoms with E-state index in [1.165, 1.54) is 12.8 Å². The number of nitrogen functional groups attached to an aromatic ring is 1. The molecule has 0 radical (unpaired) electrons. The Balaban J connectivity index is 1.41. The molecular formula is C23H23ClN4O2. The standard InChI is InChI=1S/C23H23ClN4O2/c1-30-20-14-17(25)16(24)13-15(20)22(29)27-11-8-23(9-12-27)21-7-4-10-28(21)19-6-3-2-5-18(19)26-23/h2-7,10,13-14,26H,8-9,11-12,25H2,1H3. The Kier molecular flexibility index (Phi) is 4.40. The first-order valence-electron chi connectivity index (χ1n) is 10.0. The van der Waals surface area contributed by atoms with Gasteiger partial charge in [0.25, 0.3) is 5.91 Å². The van der Waals surface area contributed by atoms with Crippen LogP contribution in [0.4, 0.5) is 11.4 Å². The summed E-state index contributed by atoms with van der Waals surface area (Å²) in [4.78, 5) is 15.1. The Bertz CT molecular complexity index is 1130. The average molecular weight is 423 g/mol. The summed E-state index contributed by atoms with van der Waals surface area (Å²) in [5, 5.41) is 4.13. The molecule has 154 valence electrons. The van der Waals surface area contributed by atoms with Gasteiger partial charge in [0.1, 0.15) is 5.75 Å². The number of nitrogens with one attached hydrogen (secondary N) is 1. The van der Waals surface area contributed by atoms with E-state index < -0.39 is 0 Å². The Morgan fingerprint density at radius 3 is 2.70 bits per heavy atom. The van der Waals surface area contributed by atoms with E-state index in [1.807, 2.05) is 11.0 Å². The van der Waals surface area contributed by atoms with Crippen molar-refractivity contribution in [2.24, 2.45) is 0 Å². The van der Waals surface area contributed by atoms with Gasteiger partial charge in [-0.1, -0.05) is 23.7 Å². The summed E-state index contributed by atoms with van der Waals surface area (Å²) in [6, 6.07) is 15.8. The van der Waals surface area contributed by atoms with Gasteiger partial charge >= 0.3 is 0 Å². The molecule has 1 spiro atoms. The van der Waals surface area contributed by atoms with Crippen LogP contribution in [0.3, 0.4) is 0 Å². The maximum atomic E-state index is 13.2. The third-order valence-electron chi connectivity index (χ3n) is 6.23. The molecule has 3 aromatic rings. The van der Waals surface area contributed by atoms with Crippen LogP contribution in [0.25, 0.3) is 5.69 Å². The zero-order valence-electron chi connectivity index (χ0n) is 16.7. The monoisotopic (exact) mass is 422 g/mol. The number of nitrogens with two attached hydrogens (primary N) is 1. The molecule has 2 aromatic carbocycles. The first-order chi connectivity index (χ1) is 14.5. The lowest BCUT2D eigenvalue weighted by molar-refractivity contribution is 0.0673. The molecule has 1 amide bonds. The number of piperidine rings is 1. The molecule has 30 heavy (non-hydrogen) atoms. The molecule has 0 aliphatic carbocycles. The lowest BCUT2D eigenvalue weighted by atomic mass is 9.82. The fourth-order valence-electron chi connectivity index (χ4n) is 4.64. The number of carbonyl (C=O) groups excluding carboxylic acids is 1. The Hall–Kier alpha value is -3.12. The highest BCUT2D eigenvalue weighted by Gasteiger charge is 2.42. The van der Waals surface area contributed by atoms with Crippen molar-refractivity contribution in [2.75, 3.05) is 31.2 Å². The van der Waals surface area contributed by atoms with E-state index >= 15 is 0 Å². The van der Waals surface area contributed by atoms with Gasteiger partial charge in [-0.25, -0.2) is 0 Å². The van der Waals surface area contributed by atoms with Gasteiger partial charge in [0.2, 0.25) is 0 Å². The van der Waals surface area contributed by atoms with Crippen LogP contribution in [-0.2, 0) is 5.54 Å². The number of para-hydroxylation sites is 2. The summed E-state index contributed by atoms with van der Waals surface area (Å²) in [5.74, 6) is 0.357. The highest BCUT2D eigenvalue weighted by Crippen LogP contribution is 2.43. The number of fused-ring (bicyclic) bond motifs is 4. The van der Waals surface area contributed by atoms with Gasteiger partial charge < -0.3 is 25.3 Å². The van der Waals surface area contributed by atoms with Crippen molar-refractivity contribution in [1.82, 2.24) is 9.47 Å². The van der Waals surface area contributed by atoms with E-state index in [0.717, 1.165) is 24.2 Å². The summed E-state index contributed by atoms with van der Waals surface area (Å²) < 4.78 is 7.63. The van der Waals surface area contributed by atoms with E-state index in [2.05, 4.69) is 46.4 Å². The summed E-state index contributed by atoms with van der Waals surface area (Å²) in [6.07, 6.45) is 3.72. The Morgan fingerprint density at radius 2 is 1.93 bits per heavy atom. The van der Waals surface area contributed by atoms with Gasteiger partial charge in [-0.2, -0.15) is 0 Å². The van der Waals surface area contributed by atoms with Crippen LogP contribution >= 0.6 is 11.6 Å². The first-order valence-corrected chi connectivity index (χ1v) is 10.4. The molecule has 3 heterocycles. The average Bonchev–Trinajstić information content (AvgIpc) is 3.27. The number of nitrogens with zero attached hydrogens (tertiary/aromatic N) is 2. The second-order valence-corrected chi connectivity index (χ2v) is 8.26. The minimum atomic E-state index is -0.197. The van der Waals surface area contributed by atoms with Gasteiger partial charge in [-0.15, -0.1) is 0 Å². The van der Waals surface area contributed by atoms with Gasteiger partial charge in [-0.05, 0) is 43.2 Å². The van der Waals surface area contributed by atoms with E-state index in [4.69, 9.17) is 22.1 Å². The van der Waals surface area contributed by atoms with Gasteiger partial charge in [0, 0.05) is 31.0 Å². The Morgan fingerprint density at radius 1 is 1.17 bits per heavy atom. The highest BCUT2D eigenvalue weighted by molar-refractivity contribution is 6.33. The lowest BCUT2D eigenvalue weighted by Crippen LogP contribution is -2.51. The van der Waals surface area contributed by atoms with Crippen LogP contribution in [0.2, 0.25) is 5.02 Å². The van der Waals surface area contributed by atoms with E-state index in [-0.39, 0.29) is 11.4 Å². The number of benzene rings is 2. The molecule has 7 heteroatoms. The molecule has 2 aliphatic rings. The number of rotatable bonds is 2. The number of likely N-dealkylation sites (tertiary alicyclic amines) is 1. The Labute approximate surface area is 180 Å². The normalized spacial score (nSPS) is 16.5. The van der Waals surface area contributed by atoms with E-state index in [1.54, 1.807) is 12.1 Å². The van der Waals surface area contributed by atoms with E-state index in [9.17, 15) is 4.79 Å². The van der Waals surface area contributed by atoms with Gasteiger partial charge in [0.05, 0.1) is 40.3 Å². The zero-order valence-corrected chi connectivity index (χ0v) is 17.4. The van der Waals surface area contributed by atoms with Crippen LogP contribution < -0.4 is 15.8 Å². The van der Waals surface area contributed by atoms with Gasteiger partial charge in [0.15, 0.2) is 0 Å². The number of methoxy groups -OCH3 is 1. The summed E-state index contributed by atoms with van der Waals surface area (Å²) in [6.45, 7) is 1.26. The number of halogens is 1. The van der Waals surface area contributed by atoms with Crippen LogP contribution in [-0.4, -0.2) is 35.6 Å². The van der Waals surface area contributed by atoms with Crippen molar-refractivity contribution in [1.29, 1.82) is 0 Å². The number of carbonyl (C=O) groups is 1. The number of amides is 1. The topological polar surface area (TPSA) is 72.5 Å². The maximum Gasteiger partial charge on any atom is 0.257 e. The fourth-order valence-corrected chi connectivity index (χ4v) is 4.80. The highest BCUT2D eigenvalue weighted by atomic mass is 35.5. The molecule has 0 atom stereocenters. The quantitative estimate of drug-likeness (QED) is 0.604. The van der Waals surface area contributed by atoms with Crippen molar-refractivity contribution in [3.8, 4) is 11.4 Å². The van der Waals surface area contributed by atoms with Gasteiger partial charge in [-0.3, -0.25) is 4.79 Å². The molecule has 3 N–H and O–H groups in total. The number of aromatic nitrogens is 1. The fraction of sp³-hybridized carbons (Fsp3) is 0.261. The number of anilines is 2. The molecular weight excluding hydrogens is 400 g/mol. The summed E-state index contributed by atoms with van der Waals surface area (Å²) in [5.41, 5.74) is 10.0. The van der Waals surface area contributed by atoms with Crippen molar-refractivity contribution in [3.05, 3.63) is 71.0 Å². The van der Waals surface area contributed by atoms with Crippen LogP contribution in [0.5, 0.6) is 5.75 Å². The summed E-state index contributed by atoms with van der Waals surface area (Å²) >= 11 is 6.17. The number of hydrogen-bond acceptors (Lipinski definition) is 4. The predicted octanol–water partition coefficient (Wildman–Crippen LogP) is 4.28. The van der Waals surface area contributed by atoms with Crippen molar-refractivity contribution in [3.63, 3.8) is 0 Å². The van der Waals surface area contributed by atoms with E-state index in [0.29, 0.717) is 35.1 Å². The van der Waals surface area contributed by atoms with Crippen molar-refractivity contribution in [2.45, 2.75) is 18.4 Å². The molecule has 2 aliphatic heterocycles. The van der Waals surface area contributed by atoms with Crippen LogP contribution in [0, 0.1) is 0 Å². The third kappa shape index (κ3) is 2.82. The lowest BCUT2D eigenvalue weighted by Gasteiger charge is -2.46. The van der Waals surface area contributed by atoms with Crippen LogP contribution in [0.1, 0.15) is 28.9 Å². The first kappa shape index (κ1) is 18.9. The number of hydrogen-bond donors (Lipinski definition) is 2. The van der Waals surface area contributed by atoms with Crippen LogP contribution in [0.15, 0.2) is 54.7 Å².